The van der Waals surface area contributed by atoms with E-state index in [1.54, 1.807) is 0 Å². The van der Waals surface area contributed by atoms with Gasteiger partial charge in [-0.3, -0.25) is 4.79 Å². The monoisotopic (exact) mass is 407 g/mol. The van der Waals surface area contributed by atoms with Crippen molar-refractivity contribution in [2.45, 2.75) is 6.92 Å². The predicted molar refractivity (Wildman–Crippen MR) is 90.7 cm³/mol. The fraction of sp³-hybridized carbons (Fsp3) is 0.0625. The number of benzene rings is 2. The molecular formula is C16H11Br2NO2. The first-order chi connectivity index (χ1) is 10.0. The standard InChI is InChI=1S/C16H11Br2NO2/c1-9-13-8-11(18)5-6-14(13)21-15(9)16(20)19-12-4-2-3-10(17)7-12/h2-8H,1H3,(H,19,20). The molecule has 0 spiro atoms. The molecule has 0 aliphatic carbocycles. The highest BCUT2D eigenvalue weighted by molar-refractivity contribution is 9.10. The quantitative estimate of drug-likeness (QED) is 0.606. The summed E-state index contributed by atoms with van der Waals surface area (Å²) < 4.78 is 7.54. The van der Waals surface area contributed by atoms with Crippen LogP contribution in [0.3, 0.4) is 0 Å². The van der Waals surface area contributed by atoms with Gasteiger partial charge in [0.25, 0.3) is 5.91 Å². The third-order valence-corrected chi connectivity index (χ3v) is 4.17. The van der Waals surface area contributed by atoms with Crippen molar-refractivity contribution in [2.24, 2.45) is 0 Å². The minimum atomic E-state index is -0.252. The molecule has 1 aromatic heterocycles. The molecule has 0 aliphatic heterocycles. The van der Waals surface area contributed by atoms with Crippen molar-refractivity contribution in [2.75, 3.05) is 5.32 Å². The minimum Gasteiger partial charge on any atom is -0.451 e. The van der Waals surface area contributed by atoms with E-state index >= 15 is 0 Å². The van der Waals surface area contributed by atoms with Crippen LogP contribution < -0.4 is 5.32 Å². The molecule has 0 aliphatic rings. The first-order valence-corrected chi connectivity index (χ1v) is 7.89. The first kappa shape index (κ1) is 14.4. The van der Waals surface area contributed by atoms with Gasteiger partial charge in [-0.2, -0.15) is 0 Å². The van der Waals surface area contributed by atoms with Crippen molar-refractivity contribution in [3.63, 3.8) is 0 Å². The summed E-state index contributed by atoms with van der Waals surface area (Å²) >= 11 is 6.81. The highest BCUT2D eigenvalue weighted by Gasteiger charge is 2.18. The third-order valence-electron chi connectivity index (χ3n) is 3.19. The summed E-state index contributed by atoms with van der Waals surface area (Å²) in [5.41, 5.74) is 2.25. The van der Waals surface area contributed by atoms with E-state index in [1.807, 2.05) is 49.4 Å². The molecule has 21 heavy (non-hydrogen) atoms. The second kappa shape index (κ2) is 5.66. The molecule has 0 atom stereocenters. The zero-order valence-electron chi connectivity index (χ0n) is 11.1. The van der Waals surface area contributed by atoms with Gasteiger partial charge < -0.3 is 9.73 Å². The summed E-state index contributed by atoms with van der Waals surface area (Å²) in [4.78, 5) is 12.4. The minimum absolute atomic E-state index is 0.252. The average molecular weight is 409 g/mol. The number of anilines is 1. The summed E-state index contributed by atoms with van der Waals surface area (Å²) in [5.74, 6) is 0.0843. The van der Waals surface area contributed by atoms with Gasteiger partial charge in [0.05, 0.1) is 0 Å². The second-order valence-electron chi connectivity index (χ2n) is 4.66. The molecular weight excluding hydrogens is 398 g/mol. The number of carbonyl (C=O) groups is 1. The van der Waals surface area contributed by atoms with Crippen molar-refractivity contribution >= 4 is 54.4 Å². The van der Waals surface area contributed by atoms with Crippen LogP contribution in [0.5, 0.6) is 0 Å². The Bertz CT molecular complexity index is 839. The number of furan rings is 1. The molecule has 1 amide bonds. The first-order valence-electron chi connectivity index (χ1n) is 6.30. The van der Waals surface area contributed by atoms with Gasteiger partial charge in [0.15, 0.2) is 5.76 Å². The van der Waals surface area contributed by atoms with Gasteiger partial charge in [0.2, 0.25) is 0 Å². The predicted octanol–water partition coefficient (Wildman–Crippen LogP) is 5.52. The number of carbonyl (C=O) groups excluding carboxylic acids is 1. The number of hydrogen-bond acceptors (Lipinski definition) is 2. The van der Waals surface area contributed by atoms with Crippen LogP contribution in [0.15, 0.2) is 55.8 Å². The fourth-order valence-electron chi connectivity index (χ4n) is 2.16. The van der Waals surface area contributed by atoms with Crippen molar-refractivity contribution < 1.29 is 9.21 Å². The van der Waals surface area contributed by atoms with Crippen LogP contribution in [-0.2, 0) is 0 Å². The van der Waals surface area contributed by atoms with Crippen LogP contribution in [0.25, 0.3) is 11.0 Å². The highest BCUT2D eigenvalue weighted by Crippen LogP contribution is 2.28. The fourth-order valence-corrected chi connectivity index (χ4v) is 2.92. The molecule has 0 saturated heterocycles. The molecule has 0 radical (unpaired) electrons. The lowest BCUT2D eigenvalue weighted by Gasteiger charge is -2.04. The van der Waals surface area contributed by atoms with Gasteiger partial charge in [0.1, 0.15) is 5.58 Å². The molecule has 3 aromatic rings. The molecule has 1 N–H and O–H groups in total. The van der Waals surface area contributed by atoms with E-state index in [0.29, 0.717) is 11.3 Å². The van der Waals surface area contributed by atoms with E-state index < -0.39 is 0 Å². The Hall–Kier alpha value is -1.59. The van der Waals surface area contributed by atoms with E-state index in [0.717, 1.165) is 25.6 Å². The van der Waals surface area contributed by atoms with Gasteiger partial charge in [0, 0.05) is 25.6 Å². The van der Waals surface area contributed by atoms with Crippen LogP contribution >= 0.6 is 31.9 Å². The highest BCUT2D eigenvalue weighted by atomic mass is 79.9. The van der Waals surface area contributed by atoms with E-state index in [2.05, 4.69) is 37.2 Å². The zero-order valence-corrected chi connectivity index (χ0v) is 14.3. The molecule has 3 rings (SSSR count). The van der Waals surface area contributed by atoms with Crippen LogP contribution in [0.1, 0.15) is 16.1 Å². The molecule has 3 nitrogen and oxygen atoms in total. The summed E-state index contributed by atoms with van der Waals surface area (Å²) in [6.45, 7) is 1.88. The molecule has 0 fully saturated rings. The third kappa shape index (κ3) is 2.89. The molecule has 0 unspecified atom stereocenters. The Morgan fingerprint density at radius 3 is 2.62 bits per heavy atom. The summed E-state index contributed by atoms with van der Waals surface area (Å²) in [6, 6.07) is 13.1. The van der Waals surface area contributed by atoms with Gasteiger partial charge in [-0.15, -0.1) is 0 Å². The molecule has 5 heteroatoms. The number of hydrogen-bond donors (Lipinski definition) is 1. The van der Waals surface area contributed by atoms with E-state index in [1.165, 1.54) is 0 Å². The summed E-state index contributed by atoms with van der Waals surface area (Å²) in [5, 5.41) is 3.78. The summed E-state index contributed by atoms with van der Waals surface area (Å²) in [6.07, 6.45) is 0. The van der Waals surface area contributed by atoms with Gasteiger partial charge in [-0.05, 0) is 43.3 Å². The number of rotatable bonds is 2. The van der Waals surface area contributed by atoms with E-state index in [4.69, 9.17) is 4.42 Å². The zero-order chi connectivity index (χ0) is 15.0. The lowest BCUT2D eigenvalue weighted by molar-refractivity contribution is 0.0998. The van der Waals surface area contributed by atoms with E-state index in [-0.39, 0.29) is 5.91 Å². The topological polar surface area (TPSA) is 42.2 Å². The number of amides is 1. The van der Waals surface area contributed by atoms with Gasteiger partial charge in [-0.25, -0.2) is 0 Å². The largest absolute Gasteiger partial charge is 0.451 e. The Morgan fingerprint density at radius 2 is 1.86 bits per heavy atom. The maximum atomic E-state index is 12.4. The number of aryl methyl sites for hydroxylation is 1. The number of nitrogens with one attached hydrogen (secondary N) is 1. The van der Waals surface area contributed by atoms with Crippen LogP contribution in [0, 0.1) is 6.92 Å². The van der Waals surface area contributed by atoms with Crippen LogP contribution in [0.4, 0.5) is 5.69 Å². The maximum Gasteiger partial charge on any atom is 0.291 e. The lowest BCUT2D eigenvalue weighted by atomic mass is 10.1. The Balaban J connectivity index is 1.96. The van der Waals surface area contributed by atoms with Gasteiger partial charge >= 0.3 is 0 Å². The molecule has 106 valence electrons. The number of fused-ring (bicyclic) bond motifs is 1. The van der Waals surface area contributed by atoms with Crippen molar-refractivity contribution in [1.82, 2.24) is 0 Å². The molecule has 0 bridgehead atoms. The van der Waals surface area contributed by atoms with Crippen LogP contribution in [0.2, 0.25) is 0 Å². The average Bonchev–Trinajstić information content (AvgIpc) is 2.76. The van der Waals surface area contributed by atoms with Gasteiger partial charge in [-0.1, -0.05) is 37.9 Å². The molecule has 2 aromatic carbocycles. The van der Waals surface area contributed by atoms with Crippen molar-refractivity contribution in [3.05, 3.63) is 62.7 Å². The smallest absolute Gasteiger partial charge is 0.291 e. The van der Waals surface area contributed by atoms with Crippen LogP contribution in [-0.4, -0.2) is 5.91 Å². The van der Waals surface area contributed by atoms with E-state index in [9.17, 15) is 4.79 Å². The Labute approximate surface area is 138 Å². The van der Waals surface area contributed by atoms with Crippen molar-refractivity contribution in [3.8, 4) is 0 Å². The maximum absolute atomic E-state index is 12.4. The second-order valence-corrected chi connectivity index (χ2v) is 6.49. The van der Waals surface area contributed by atoms with Crippen molar-refractivity contribution in [1.29, 1.82) is 0 Å². The normalized spacial score (nSPS) is 10.8. The Morgan fingerprint density at radius 1 is 1.10 bits per heavy atom. The summed E-state index contributed by atoms with van der Waals surface area (Å²) in [7, 11) is 0. The lowest BCUT2D eigenvalue weighted by Crippen LogP contribution is -2.11. The Kier molecular flexibility index (Phi) is 3.87. The molecule has 1 heterocycles. The molecule has 0 saturated carbocycles. The SMILES string of the molecule is Cc1c(C(=O)Nc2cccc(Br)c2)oc2ccc(Br)cc12. The number of halogens is 2.